The fourth-order valence-corrected chi connectivity index (χ4v) is 5.98. The van der Waals surface area contributed by atoms with Crippen LogP contribution in [-0.2, 0) is 10.0 Å². The van der Waals surface area contributed by atoms with Gasteiger partial charge < -0.3 is 25.2 Å². The molecule has 1 aliphatic rings. The van der Waals surface area contributed by atoms with E-state index < -0.39 is 10.0 Å². The zero-order chi connectivity index (χ0) is 28.2. The molecule has 39 heavy (non-hydrogen) atoms. The van der Waals surface area contributed by atoms with E-state index in [1.165, 1.54) is 12.3 Å². The average molecular weight is 574 g/mol. The summed E-state index contributed by atoms with van der Waals surface area (Å²) >= 11 is 6.39. The molecule has 0 bridgehead atoms. The Balaban J connectivity index is 1.58. The Kier molecular flexibility index (Phi) is 9.16. The summed E-state index contributed by atoms with van der Waals surface area (Å²) in [6.45, 7) is 7.92. The summed E-state index contributed by atoms with van der Waals surface area (Å²) in [5.41, 5.74) is 2.15. The zero-order valence-corrected chi connectivity index (χ0v) is 24.5. The highest BCUT2D eigenvalue weighted by atomic mass is 35.5. The van der Waals surface area contributed by atoms with E-state index in [2.05, 4.69) is 55.3 Å². The molecule has 10 nitrogen and oxygen atoms in total. The van der Waals surface area contributed by atoms with Crippen molar-refractivity contribution in [2.24, 2.45) is 0 Å². The maximum atomic E-state index is 12.9. The molecule has 2 heterocycles. The van der Waals surface area contributed by atoms with Crippen molar-refractivity contribution < 1.29 is 13.2 Å². The summed E-state index contributed by atoms with van der Waals surface area (Å²) in [6, 6.07) is 12.9. The number of rotatable bonds is 11. The maximum Gasteiger partial charge on any atom is 0.242 e. The van der Waals surface area contributed by atoms with Gasteiger partial charge in [0, 0.05) is 36.9 Å². The van der Waals surface area contributed by atoms with Crippen LogP contribution < -0.4 is 25.0 Å². The van der Waals surface area contributed by atoms with Crippen LogP contribution in [0.1, 0.15) is 27.2 Å². The van der Waals surface area contributed by atoms with Gasteiger partial charge in [-0.1, -0.05) is 23.7 Å². The number of hydrogen-bond donors (Lipinski definition) is 3. The lowest BCUT2D eigenvalue weighted by molar-refractivity contribution is 0.315. The van der Waals surface area contributed by atoms with E-state index in [1.807, 2.05) is 19.1 Å². The Morgan fingerprint density at radius 1 is 1.15 bits per heavy atom. The predicted molar refractivity (Wildman–Crippen MR) is 157 cm³/mol. The summed E-state index contributed by atoms with van der Waals surface area (Å²) in [6.07, 6.45) is 2.58. The Bertz CT molecular complexity index is 1400. The van der Waals surface area contributed by atoms with Gasteiger partial charge in [0.05, 0.1) is 24.2 Å². The number of ether oxygens (including phenoxy) is 1. The number of aromatic nitrogens is 2. The summed E-state index contributed by atoms with van der Waals surface area (Å²) in [7, 11) is 0.475. The molecule has 0 saturated carbocycles. The molecule has 0 unspecified atom stereocenters. The third kappa shape index (κ3) is 7.10. The number of halogens is 1. The minimum atomic E-state index is -3.75. The average Bonchev–Trinajstić information content (AvgIpc) is 3.38. The number of benzene rings is 2. The molecule has 0 amide bonds. The normalized spacial score (nSPS) is 15.7. The molecule has 1 saturated heterocycles. The van der Waals surface area contributed by atoms with Crippen molar-refractivity contribution in [3.05, 3.63) is 53.7 Å². The fourth-order valence-electron chi connectivity index (χ4n) is 4.42. The standard InChI is InChI=1S/C27H36ClN7O3S/c1-6-38-24-15-19(35-14-13-20(17-35)34(4)5)11-12-22(24)31-27-29-16-21(28)26(32-27)30-23-9-7-8-10-25(23)39(36,37)33-18(2)3/h7-12,15-16,18,20,33H,6,13-14,17H2,1-5H3,(H2,29,30,31,32)/t20-/m0/s1. The highest BCUT2D eigenvalue weighted by Crippen LogP contribution is 2.34. The molecular weight excluding hydrogens is 538 g/mol. The van der Waals surface area contributed by atoms with Crippen molar-refractivity contribution in [3.8, 4) is 5.75 Å². The summed E-state index contributed by atoms with van der Waals surface area (Å²) in [5, 5.41) is 6.53. The Labute approximate surface area is 235 Å². The Hall–Kier alpha value is -3.12. The van der Waals surface area contributed by atoms with Crippen molar-refractivity contribution in [2.45, 2.75) is 44.2 Å². The van der Waals surface area contributed by atoms with E-state index in [-0.39, 0.29) is 27.7 Å². The minimum absolute atomic E-state index is 0.0931. The van der Waals surface area contributed by atoms with Gasteiger partial charge in [0.1, 0.15) is 15.7 Å². The van der Waals surface area contributed by atoms with Crippen molar-refractivity contribution >= 4 is 50.5 Å². The van der Waals surface area contributed by atoms with Crippen molar-refractivity contribution in [1.82, 2.24) is 19.6 Å². The molecule has 12 heteroatoms. The zero-order valence-electron chi connectivity index (χ0n) is 22.9. The highest BCUT2D eigenvalue weighted by Gasteiger charge is 2.25. The third-order valence-corrected chi connectivity index (χ3v) is 8.33. The number of para-hydroxylation sites is 1. The van der Waals surface area contributed by atoms with Crippen LogP contribution in [0.4, 0.5) is 28.8 Å². The second kappa shape index (κ2) is 12.4. The second-order valence-corrected chi connectivity index (χ2v) is 12.0. The first-order valence-corrected chi connectivity index (χ1v) is 14.8. The SMILES string of the molecule is CCOc1cc(N2CC[C@H](N(C)C)C2)ccc1Nc1ncc(Cl)c(Nc2ccccc2S(=O)(=O)NC(C)C)n1. The van der Waals surface area contributed by atoms with Gasteiger partial charge in [-0.05, 0) is 65.6 Å². The van der Waals surface area contributed by atoms with Crippen LogP contribution in [0.15, 0.2) is 53.6 Å². The van der Waals surface area contributed by atoms with E-state index in [4.69, 9.17) is 16.3 Å². The molecule has 3 N–H and O–H groups in total. The van der Waals surface area contributed by atoms with Crippen molar-refractivity contribution in [2.75, 3.05) is 49.3 Å². The number of sulfonamides is 1. The fraction of sp³-hybridized carbons (Fsp3) is 0.407. The Morgan fingerprint density at radius 3 is 2.62 bits per heavy atom. The molecule has 0 radical (unpaired) electrons. The largest absolute Gasteiger partial charge is 0.492 e. The number of hydrogen-bond acceptors (Lipinski definition) is 9. The topological polar surface area (TPSA) is 112 Å². The molecule has 1 atom stereocenters. The quantitative estimate of drug-likeness (QED) is 0.296. The molecule has 3 aromatic rings. The van der Waals surface area contributed by atoms with Crippen LogP contribution in [0.3, 0.4) is 0 Å². The molecular formula is C27H36ClN7O3S. The summed E-state index contributed by atoms with van der Waals surface area (Å²) in [4.78, 5) is 13.6. The van der Waals surface area contributed by atoms with Gasteiger partial charge in [-0.2, -0.15) is 4.98 Å². The lowest BCUT2D eigenvalue weighted by Gasteiger charge is -2.23. The Morgan fingerprint density at radius 2 is 1.92 bits per heavy atom. The van der Waals surface area contributed by atoms with Gasteiger partial charge in [0.2, 0.25) is 16.0 Å². The van der Waals surface area contributed by atoms with Crippen LogP contribution in [0, 0.1) is 0 Å². The smallest absolute Gasteiger partial charge is 0.242 e. The van der Waals surface area contributed by atoms with Gasteiger partial charge in [-0.25, -0.2) is 18.1 Å². The highest BCUT2D eigenvalue weighted by molar-refractivity contribution is 7.89. The van der Waals surface area contributed by atoms with E-state index in [9.17, 15) is 8.42 Å². The lowest BCUT2D eigenvalue weighted by atomic mass is 10.2. The number of nitrogens with one attached hydrogen (secondary N) is 3. The molecule has 1 aromatic heterocycles. The first kappa shape index (κ1) is 28.9. The van der Waals surface area contributed by atoms with Crippen LogP contribution >= 0.6 is 11.6 Å². The monoisotopic (exact) mass is 573 g/mol. The second-order valence-electron chi connectivity index (χ2n) is 9.88. The van der Waals surface area contributed by atoms with Crippen LogP contribution in [0.2, 0.25) is 5.02 Å². The van der Waals surface area contributed by atoms with Crippen molar-refractivity contribution in [1.29, 1.82) is 0 Å². The van der Waals surface area contributed by atoms with E-state index in [0.29, 0.717) is 29.8 Å². The lowest BCUT2D eigenvalue weighted by Crippen LogP contribution is -2.31. The molecule has 2 aromatic carbocycles. The first-order chi connectivity index (χ1) is 18.6. The predicted octanol–water partition coefficient (Wildman–Crippen LogP) is 4.84. The minimum Gasteiger partial charge on any atom is -0.492 e. The van der Waals surface area contributed by atoms with Gasteiger partial charge in [-0.15, -0.1) is 0 Å². The first-order valence-electron chi connectivity index (χ1n) is 12.9. The number of anilines is 5. The third-order valence-electron chi connectivity index (χ3n) is 6.33. The van der Waals surface area contributed by atoms with Crippen LogP contribution in [0.25, 0.3) is 0 Å². The number of likely N-dealkylation sites (N-methyl/N-ethyl adjacent to an activating group) is 1. The van der Waals surface area contributed by atoms with Gasteiger partial charge >= 0.3 is 0 Å². The number of nitrogens with zero attached hydrogens (tertiary/aromatic N) is 4. The molecule has 210 valence electrons. The van der Waals surface area contributed by atoms with E-state index in [1.54, 1.807) is 32.0 Å². The summed E-state index contributed by atoms with van der Waals surface area (Å²) < 4.78 is 34.3. The molecule has 1 fully saturated rings. The van der Waals surface area contributed by atoms with Gasteiger partial charge in [0.25, 0.3) is 0 Å². The molecule has 1 aliphatic heterocycles. The molecule has 4 rings (SSSR count). The van der Waals surface area contributed by atoms with Gasteiger partial charge in [0.15, 0.2) is 5.82 Å². The van der Waals surface area contributed by atoms with Crippen LogP contribution in [0.5, 0.6) is 5.75 Å². The van der Waals surface area contributed by atoms with E-state index >= 15 is 0 Å². The van der Waals surface area contributed by atoms with Gasteiger partial charge in [-0.3, -0.25) is 0 Å². The summed E-state index contributed by atoms with van der Waals surface area (Å²) in [5.74, 6) is 1.24. The van der Waals surface area contributed by atoms with E-state index in [0.717, 1.165) is 25.2 Å². The maximum absolute atomic E-state index is 12.9. The van der Waals surface area contributed by atoms with Crippen LogP contribution in [-0.4, -0.2) is 69.2 Å². The van der Waals surface area contributed by atoms with Crippen molar-refractivity contribution in [3.63, 3.8) is 0 Å². The molecule has 0 aliphatic carbocycles. The molecule has 0 spiro atoms.